The number of aromatic nitrogens is 2. The van der Waals surface area contributed by atoms with E-state index in [0.717, 1.165) is 31.6 Å². The molecule has 0 aromatic carbocycles. The summed E-state index contributed by atoms with van der Waals surface area (Å²) >= 11 is 0. The van der Waals surface area contributed by atoms with Crippen LogP contribution in [0.2, 0.25) is 0 Å². The Balaban J connectivity index is 2.32. The van der Waals surface area contributed by atoms with Gasteiger partial charge < -0.3 is 10.2 Å². The second-order valence-corrected chi connectivity index (χ2v) is 4.97. The summed E-state index contributed by atoms with van der Waals surface area (Å²) in [5.74, 6) is 0.0250. The minimum atomic E-state index is -4.43. The lowest BCUT2D eigenvalue weighted by Gasteiger charge is -2.20. The average Bonchev–Trinajstić information content (AvgIpc) is 2.37. The van der Waals surface area contributed by atoms with E-state index in [2.05, 4.69) is 34.0 Å². The van der Waals surface area contributed by atoms with Crippen LogP contribution in [0.4, 0.5) is 19.1 Å². The zero-order valence-corrected chi connectivity index (χ0v) is 12.0. The summed E-state index contributed by atoms with van der Waals surface area (Å²) in [6.45, 7) is 5.76. The van der Waals surface area contributed by atoms with Crippen LogP contribution in [0.15, 0.2) is 12.3 Å². The molecule has 0 aliphatic carbocycles. The maximum atomic E-state index is 12.5. The Morgan fingerprint density at radius 2 is 2.00 bits per heavy atom. The Bertz CT molecular complexity index is 407. The maximum Gasteiger partial charge on any atom is 0.433 e. The van der Waals surface area contributed by atoms with Crippen LogP contribution < -0.4 is 5.32 Å². The molecule has 1 heterocycles. The minimum Gasteiger partial charge on any atom is -0.354 e. The predicted molar refractivity (Wildman–Crippen MR) is 72.5 cm³/mol. The molecule has 1 aromatic rings. The van der Waals surface area contributed by atoms with Crippen molar-refractivity contribution in [2.75, 3.05) is 25.5 Å². The largest absolute Gasteiger partial charge is 0.433 e. The Hall–Kier alpha value is -1.37. The van der Waals surface area contributed by atoms with Crippen molar-refractivity contribution in [2.24, 2.45) is 0 Å². The summed E-state index contributed by atoms with van der Waals surface area (Å²) in [7, 11) is 2.05. The Morgan fingerprint density at radius 1 is 1.30 bits per heavy atom. The molecule has 20 heavy (non-hydrogen) atoms. The molecule has 0 unspecified atom stereocenters. The van der Waals surface area contributed by atoms with Gasteiger partial charge in [0.2, 0.25) is 5.95 Å². The fourth-order valence-corrected chi connectivity index (χ4v) is 1.55. The molecule has 0 saturated heterocycles. The summed E-state index contributed by atoms with van der Waals surface area (Å²) in [5, 5.41) is 2.82. The Morgan fingerprint density at radius 3 is 2.60 bits per heavy atom. The van der Waals surface area contributed by atoms with Crippen LogP contribution in [0.5, 0.6) is 0 Å². The highest BCUT2D eigenvalue weighted by atomic mass is 19.4. The van der Waals surface area contributed by atoms with Crippen LogP contribution in [-0.4, -0.2) is 41.0 Å². The quantitative estimate of drug-likeness (QED) is 0.784. The van der Waals surface area contributed by atoms with Crippen molar-refractivity contribution in [3.05, 3.63) is 18.0 Å². The van der Waals surface area contributed by atoms with Crippen LogP contribution in [0.25, 0.3) is 0 Å². The second kappa shape index (κ2) is 7.42. The van der Waals surface area contributed by atoms with Gasteiger partial charge in [-0.15, -0.1) is 0 Å². The molecular weight excluding hydrogens is 269 g/mol. The molecule has 0 fully saturated rings. The van der Waals surface area contributed by atoms with Crippen LogP contribution in [0, 0.1) is 0 Å². The third kappa shape index (κ3) is 5.73. The highest BCUT2D eigenvalue weighted by Crippen LogP contribution is 2.27. The van der Waals surface area contributed by atoms with E-state index in [4.69, 9.17) is 0 Å². The van der Waals surface area contributed by atoms with Gasteiger partial charge >= 0.3 is 6.18 Å². The van der Waals surface area contributed by atoms with Gasteiger partial charge in [-0.05, 0) is 46.3 Å². The number of nitrogens with one attached hydrogen (secondary N) is 1. The molecule has 0 aliphatic rings. The van der Waals surface area contributed by atoms with Crippen LogP contribution in [0.1, 0.15) is 32.4 Å². The molecule has 0 radical (unpaired) electrons. The number of halogens is 3. The van der Waals surface area contributed by atoms with Gasteiger partial charge in [0.15, 0.2) is 0 Å². The fourth-order valence-electron chi connectivity index (χ4n) is 1.55. The van der Waals surface area contributed by atoms with E-state index in [1.807, 2.05) is 7.05 Å². The van der Waals surface area contributed by atoms with Gasteiger partial charge in [0.25, 0.3) is 0 Å². The summed E-state index contributed by atoms with van der Waals surface area (Å²) in [6, 6.07) is 1.36. The smallest absolute Gasteiger partial charge is 0.354 e. The van der Waals surface area contributed by atoms with Gasteiger partial charge in [-0.25, -0.2) is 9.97 Å². The van der Waals surface area contributed by atoms with Crippen molar-refractivity contribution in [1.82, 2.24) is 14.9 Å². The number of anilines is 1. The van der Waals surface area contributed by atoms with Crippen molar-refractivity contribution in [2.45, 2.75) is 38.9 Å². The molecule has 1 rings (SSSR count). The predicted octanol–water partition coefficient (Wildman–Crippen LogP) is 3.03. The van der Waals surface area contributed by atoms with Gasteiger partial charge in [-0.2, -0.15) is 13.2 Å². The maximum absolute atomic E-state index is 12.5. The SMILES string of the molecule is CC(C)N(C)CCCCNc1nccc(C(F)(F)F)n1. The van der Waals surface area contributed by atoms with Gasteiger partial charge in [0.05, 0.1) is 0 Å². The normalized spacial score (nSPS) is 12.2. The number of rotatable bonds is 7. The van der Waals surface area contributed by atoms with E-state index < -0.39 is 11.9 Å². The van der Waals surface area contributed by atoms with E-state index in [1.54, 1.807) is 0 Å². The average molecular weight is 290 g/mol. The minimum absolute atomic E-state index is 0.0250. The van der Waals surface area contributed by atoms with Crippen molar-refractivity contribution in [3.63, 3.8) is 0 Å². The monoisotopic (exact) mass is 290 g/mol. The van der Waals surface area contributed by atoms with Gasteiger partial charge in [-0.1, -0.05) is 0 Å². The topological polar surface area (TPSA) is 41.0 Å². The first-order valence-corrected chi connectivity index (χ1v) is 6.65. The first kappa shape index (κ1) is 16.7. The summed E-state index contributed by atoms with van der Waals surface area (Å²) < 4.78 is 37.4. The molecule has 114 valence electrons. The zero-order chi connectivity index (χ0) is 15.2. The van der Waals surface area contributed by atoms with Crippen molar-refractivity contribution < 1.29 is 13.2 Å². The second-order valence-electron chi connectivity index (χ2n) is 4.97. The molecule has 0 aliphatic heterocycles. The molecule has 0 atom stereocenters. The highest BCUT2D eigenvalue weighted by molar-refractivity contribution is 5.25. The highest BCUT2D eigenvalue weighted by Gasteiger charge is 2.32. The molecule has 1 aromatic heterocycles. The lowest BCUT2D eigenvalue weighted by Crippen LogP contribution is -2.27. The number of hydrogen-bond donors (Lipinski definition) is 1. The summed E-state index contributed by atoms with van der Waals surface area (Å²) in [6.07, 6.45) is -1.48. The standard InChI is InChI=1S/C13H21F3N4/c1-10(2)20(3)9-5-4-7-17-12-18-8-6-11(19-12)13(14,15)16/h6,8,10H,4-5,7,9H2,1-3H3,(H,17,18,19). The number of alkyl halides is 3. The molecule has 0 amide bonds. The molecule has 0 bridgehead atoms. The fraction of sp³-hybridized carbons (Fsp3) is 0.692. The molecule has 0 saturated carbocycles. The molecule has 0 spiro atoms. The molecule has 1 N–H and O–H groups in total. The molecule has 4 nitrogen and oxygen atoms in total. The first-order chi connectivity index (χ1) is 9.30. The van der Waals surface area contributed by atoms with Gasteiger partial charge in [0, 0.05) is 18.8 Å². The van der Waals surface area contributed by atoms with E-state index in [0.29, 0.717) is 12.6 Å². The summed E-state index contributed by atoms with van der Waals surface area (Å²) in [5.41, 5.74) is -0.922. The molecular formula is C13H21F3N4. The van der Waals surface area contributed by atoms with Crippen LogP contribution >= 0.6 is 0 Å². The van der Waals surface area contributed by atoms with E-state index in [1.165, 1.54) is 0 Å². The third-order valence-corrected chi connectivity index (χ3v) is 3.05. The van der Waals surface area contributed by atoms with E-state index in [9.17, 15) is 13.2 Å². The number of unbranched alkanes of at least 4 members (excludes halogenated alkanes) is 1. The first-order valence-electron chi connectivity index (χ1n) is 6.65. The number of nitrogens with zero attached hydrogens (tertiary/aromatic N) is 3. The zero-order valence-electron chi connectivity index (χ0n) is 12.0. The van der Waals surface area contributed by atoms with Gasteiger partial charge in [-0.3, -0.25) is 0 Å². The van der Waals surface area contributed by atoms with Crippen LogP contribution in [-0.2, 0) is 6.18 Å². The lowest BCUT2D eigenvalue weighted by molar-refractivity contribution is -0.141. The lowest BCUT2D eigenvalue weighted by atomic mass is 10.2. The third-order valence-electron chi connectivity index (χ3n) is 3.05. The van der Waals surface area contributed by atoms with Crippen LogP contribution in [0.3, 0.4) is 0 Å². The molecule has 7 heteroatoms. The Kier molecular flexibility index (Phi) is 6.19. The number of hydrogen-bond acceptors (Lipinski definition) is 4. The van der Waals surface area contributed by atoms with Gasteiger partial charge in [0.1, 0.15) is 5.69 Å². The summed E-state index contributed by atoms with van der Waals surface area (Å²) in [4.78, 5) is 9.45. The van der Waals surface area contributed by atoms with Crippen molar-refractivity contribution in [3.8, 4) is 0 Å². The van der Waals surface area contributed by atoms with Crippen molar-refractivity contribution >= 4 is 5.95 Å². The van der Waals surface area contributed by atoms with Crippen molar-refractivity contribution in [1.29, 1.82) is 0 Å². The van der Waals surface area contributed by atoms with E-state index >= 15 is 0 Å². The Labute approximate surface area is 117 Å². The van der Waals surface area contributed by atoms with E-state index in [-0.39, 0.29) is 5.95 Å².